The summed E-state index contributed by atoms with van der Waals surface area (Å²) in [6.45, 7) is 0. The van der Waals surface area contributed by atoms with E-state index in [9.17, 15) is 13.2 Å². The van der Waals surface area contributed by atoms with Gasteiger partial charge in [0.15, 0.2) is 5.75 Å². The molecule has 0 fully saturated rings. The second-order valence-corrected chi connectivity index (χ2v) is 7.53. The third-order valence-corrected chi connectivity index (χ3v) is 4.46. The third kappa shape index (κ3) is 3.66. The number of esters is 1. The van der Waals surface area contributed by atoms with Crippen LogP contribution < -0.4 is 9.46 Å². The Morgan fingerprint density at radius 1 is 1.13 bits per heavy atom. The number of carbonyl (C=O) groups excluding carboxylic acids is 1. The number of nitrogens with one attached hydrogen (secondary N) is 1. The predicted octanol–water partition coefficient (Wildman–Crippen LogP) is 2.89. The molecule has 0 aliphatic carbocycles. The summed E-state index contributed by atoms with van der Waals surface area (Å²) < 4.78 is 31.2. The first-order valence-corrected chi connectivity index (χ1v) is 9.28. The molecule has 23 heavy (non-hydrogen) atoms. The Bertz CT molecular complexity index is 947. The summed E-state index contributed by atoms with van der Waals surface area (Å²) in [5.74, 6) is -0.504. The molecule has 0 atom stereocenters. The fourth-order valence-corrected chi connectivity index (χ4v) is 3.35. The van der Waals surface area contributed by atoms with Crippen molar-refractivity contribution in [2.45, 2.75) is 0 Å². The van der Waals surface area contributed by atoms with E-state index in [4.69, 9.17) is 4.74 Å². The highest BCUT2D eigenvalue weighted by Crippen LogP contribution is 2.27. The lowest BCUT2D eigenvalue weighted by atomic mass is 10.3. The standard InChI is InChI=1S/C15H12N2O4S2/c1-23(19,20)17-10-6-2-4-8-12(10)21-15(18)14-16-11-7-3-5-9-13(11)22-14/h2-9,17H,1H3. The Kier molecular flexibility index (Phi) is 4.01. The summed E-state index contributed by atoms with van der Waals surface area (Å²) in [4.78, 5) is 16.5. The predicted molar refractivity (Wildman–Crippen MR) is 89.5 cm³/mol. The van der Waals surface area contributed by atoms with Gasteiger partial charge in [0.25, 0.3) is 0 Å². The zero-order valence-corrected chi connectivity index (χ0v) is 13.6. The highest BCUT2D eigenvalue weighted by atomic mass is 32.2. The van der Waals surface area contributed by atoms with E-state index in [1.54, 1.807) is 12.1 Å². The van der Waals surface area contributed by atoms with Crippen LogP contribution in [0.5, 0.6) is 5.75 Å². The molecule has 3 rings (SSSR count). The van der Waals surface area contributed by atoms with Crippen LogP contribution in [0.25, 0.3) is 10.2 Å². The van der Waals surface area contributed by atoms with E-state index >= 15 is 0 Å². The number of anilines is 1. The molecule has 6 nitrogen and oxygen atoms in total. The zero-order chi connectivity index (χ0) is 16.4. The molecule has 0 unspecified atom stereocenters. The van der Waals surface area contributed by atoms with Crippen LogP contribution in [0.3, 0.4) is 0 Å². The highest BCUT2D eigenvalue weighted by Gasteiger charge is 2.17. The summed E-state index contributed by atoms with van der Waals surface area (Å²) in [6.07, 6.45) is 1.03. The van der Waals surface area contributed by atoms with Crippen LogP contribution in [0.4, 0.5) is 5.69 Å². The summed E-state index contributed by atoms with van der Waals surface area (Å²) in [5, 5.41) is 0.209. The lowest BCUT2D eigenvalue weighted by Crippen LogP contribution is -2.13. The summed E-state index contributed by atoms with van der Waals surface area (Å²) in [5.41, 5.74) is 0.913. The molecule has 0 aliphatic rings. The van der Waals surface area contributed by atoms with E-state index in [0.29, 0.717) is 5.52 Å². The van der Waals surface area contributed by atoms with Gasteiger partial charge in [0.1, 0.15) is 0 Å². The molecule has 1 N–H and O–H groups in total. The monoisotopic (exact) mass is 348 g/mol. The molecule has 1 heterocycles. The molecule has 0 aliphatic heterocycles. The fraction of sp³-hybridized carbons (Fsp3) is 0.0667. The molecular weight excluding hydrogens is 336 g/mol. The van der Waals surface area contributed by atoms with Gasteiger partial charge in [0.05, 0.1) is 22.2 Å². The first-order chi connectivity index (χ1) is 10.9. The Morgan fingerprint density at radius 3 is 2.57 bits per heavy atom. The van der Waals surface area contributed by atoms with Gasteiger partial charge in [0, 0.05) is 0 Å². The first kappa shape index (κ1) is 15.4. The molecule has 1 aromatic heterocycles. The lowest BCUT2D eigenvalue weighted by Gasteiger charge is -2.09. The van der Waals surface area contributed by atoms with Crippen molar-refractivity contribution in [3.63, 3.8) is 0 Å². The number of carbonyl (C=O) groups is 1. The first-order valence-electron chi connectivity index (χ1n) is 6.57. The molecule has 3 aromatic rings. The number of aromatic nitrogens is 1. The van der Waals surface area contributed by atoms with Crippen molar-refractivity contribution in [2.75, 3.05) is 11.0 Å². The minimum Gasteiger partial charge on any atom is -0.419 e. The average Bonchev–Trinajstić information content (AvgIpc) is 2.92. The molecule has 0 amide bonds. The fourth-order valence-electron chi connectivity index (χ4n) is 1.94. The van der Waals surface area contributed by atoms with Crippen LogP contribution in [0.1, 0.15) is 9.80 Å². The van der Waals surface area contributed by atoms with Crippen LogP contribution in [-0.4, -0.2) is 25.6 Å². The SMILES string of the molecule is CS(=O)(=O)Nc1ccccc1OC(=O)c1nc2ccccc2s1. The Balaban J connectivity index is 1.88. The molecule has 2 aromatic carbocycles. The van der Waals surface area contributed by atoms with Gasteiger partial charge in [-0.1, -0.05) is 24.3 Å². The quantitative estimate of drug-likeness (QED) is 0.579. The number of fused-ring (bicyclic) bond motifs is 1. The molecular formula is C15H12N2O4S2. The molecule has 0 radical (unpaired) electrons. The Hall–Kier alpha value is -2.45. The Morgan fingerprint density at radius 2 is 1.83 bits per heavy atom. The number of nitrogens with zero attached hydrogens (tertiary/aromatic N) is 1. The number of ether oxygens (including phenoxy) is 1. The van der Waals surface area contributed by atoms with Crippen LogP contribution in [0, 0.1) is 0 Å². The van der Waals surface area contributed by atoms with Gasteiger partial charge in [-0.25, -0.2) is 18.2 Å². The maximum Gasteiger partial charge on any atom is 0.372 e. The van der Waals surface area contributed by atoms with Crippen molar-refractivity contribution in [2.24, 2.45) is 0 Å². The summed E-state index contributed by atoms with van der Waals surface area (Å²) >= 11 is 1.22. The van der Waals surface area contributed by atoms with E-state index in [1.165, 1.54) is 23.5 Å². The van der Waals surface area contributed by atoms with Gasteiger partial charge in [-0.15, -0.1) is 11.3 Å². The number of rotatable bonds is 4. The normalized spacial score (nSPS) is 11.3. The van der Waals surface area contributed by atoms with Gasteiger partial charge in [-0.3, -0.25) is 4.72 Å². The van der Waals surface area contributed by atoms with Crippen LogP contribution >= 0.6 is 11.3 Å². The van der Waals surface area contributed by atoms with Gasteiger partial charge in [-0.05, 0) is 24.3 Å². The minimum atomic E-state index is -3.47. The van der Waals surface area contributed by atoms with Crippen LogP contribution in [-0.2, 0) is 10.0 Å². The van der Waals surface area contributed by atoms with Crippen molar-refractivity contribution < 1.29 is 17.9 Å². The van der Waals surface area contributed by atoms with E-state index in [0.717, 1.165) is 11.0 Å². The number of sulfonamides is 1. The minimum absolute atomic E-state index is 0.127. The van der Waals surface area contributed by atoms with Gasteiger partial charge in [0.2, 0.25) is 15.0 Å². The summed E-state index contributed by atoms with van der Waals surface area (Å²) in [6, 6.07) is 13.7. The number of thiazole rings is 1. The van der Waals surface area contributed by atoms with E-state index in [2.05, 4.69) is 9.71 Å². The topological polar surface area (TPSA) is 85.4 Å². The number of benzene rings is 2. The molecule has 0 spiro atoms. The second-order valence-electron chi connectivity index (χ2n) is 4.75. The third-order valence-electron chi connectivity index (χ3n) is 2.85. The largest absolute Gasteiger partial charge is 0.419 e. The maximum atomic E-state index is 12.3. The number of para-hydroxylation sites is 3. The molecule has 0 saturated heterocycles. The van der Waals surface area contributed by atoms with Gasteiger partial charge >= 0.3 is 5.97 Å². The zero-order valence-electron chi connectivity index (χ0n) is 12.0. The van der Waals surface area contributed by atoms with Crippen molar-refractivity contribution in [1.29, 1.82) is 0 Å². The smallest absolute Gasteiger partial charge is 0.372 e. The van der Waals surface area contributed by atoms with Crippen molar-refractivity contribution in [1.82, 2.24) is 4.98 Å². The highest BCUT2D eigenvalue weighted by molar-refractivity contribution is 7.92. The molecule has 0 bridgehead atoms. The van der Waals surface area contributed by atoms with Gasteiger partial charge in [-0.2, -0.15) is 0 Å². The van der Waals surface area contributed by atoms with Gasteiger partial charge < -0.3 is 4.74 Å². The number of hydrogen-bond acceptors (Lipinski definition) is 6. The van der Waals surface area contributed by atoms with Crippen molar-refractivity contribution >= 4 is 43.2 Å². The van der Waals surface area contributed by atoms with Crippen molar-refractivity contribution in [3.05, 3.63) is 53.5 Å². The summed E-state index contributed by atoms with van der Waals surface area (Å²) in [7, 11) is -3.47. The number of hydrogen-bond donors (Lipinski definition) is 1. The second kappa shape index (κ2) is 5.98. The molecule has 0 saturated carbocycles. The van der Waals surface area contributed by atoms with E-state index < -0.39 is 16.0 Å². The van der Waals surface area contributed by atoms with Crippen LogP contribution in [0.2, 0.25) is 0 Å². The molecule has 8 heteroatoms. The van der Waals surface area contributed by atoms with Crippen LogP contribution in [0.15, 0.2) is 48.5 Å². The lowest BCUT2D eigenvalue weighted by molar-refractivity contribution is 0.0735. The Labute approximate surface area is 136 Å². The average molecular weight is 348 g/mol. The van der Waals surface area contributed by atoms with E-state index in [1.807, 2.05) is 24.3 Å². The van der Waals surface area contributed by atoms with Crippen molar-refractivity contribution in [3.8, 4) is 5.75 Å². The molecule has 118 valence electrons. The maximum absolute atomic E-state index is 12.3. The van der Waals surface area contributed by atoms with E-state index in [-0.39, 0.29) is 16.4 Å².